The fraction of sp³-hybridized carbons (Fsp3) is 0.850. The molecular formula is C20H34N4O6. The Kier molecular flexibility index (Phi) is 7.67. The molecule has 1 saturated carbocycles. The molecule has 6 N–H and O–H groups in total. The molecule has 0 bridgehead atoms. The summed E-state index contributed by atoms with van der Waals surface area (Å²) in [4.78, 5) is 39.2. The summed E-state index contributed by atoms with van der Waals surface area (Å²) in [5.74, 6) is -0.848. The Bertz CT molecular complexity index is 641. The van der Waals surface area contributed by atoms with E-state index in [2.05, 4.69) is 10.6 Å². The minimum absolute atomic E-state index is 0.0604. The molecule has 4 amide bonds. The van der Waals surface area contributed by atoms with Gasteiger partial charge in [-0.2, -0.15) is 0 Å². The third-order valence-electron chi connectivity index (χ3n) is 6.56. The molecule has 0 aromatic rings. The van der Waals surface area contributed by atoms with Gasteiger partial charge >= 0.3 is 6.03 Å². The highest BCUT2D eigenvalue weighted by Gasteiger charge is 2.40. The van der Waals surface area contributed by atoms with Gasteiger partial charge in [0.2, 0.25) is 11.8 Å². The van der Waals surface area contributed by atoms with Crippen LogP contribution in [0.15, 0.2) is 0 Å². The van der Waals surface area contributed by atoms with Crippen molar-refractivity contribution in [1.29, 1.82) is 0 Å². The third-order valence-corrected chi connectivity index (χ3v) is 6.56. The molecule has 1 aliphatic carbocycles. The van der Waals surface area contributed by atoms with Crippen molar-refractivity contribution < 1.29 is 29.3 Å². The van der Waals surface area contributed by atoms with Crippen LogP contribution in [0.5, 0.6) is 0 Å². The van der Waals surface area contributed by atoms with Gasteiger partial charge in [-0.25, -0.2) is 4.79 Å². The number of imide groups is 1. The lowest BCUT2D eigenvalue weighted by Gasteiger charge is -2.37. The number of hydrogen-bond donors (Lipinski definition) is 5. The van der Waals surface area contributed by atoms with Crippen molar-refractivity contribution in [3.8, 4) is 0 Å². The van der Waals surface area contributed by atoms with Crippen molar-refractivity contribution in [2.75, 3.05) is 6.54 Å². The lowest BCUT2D eigenvalue weighted by atomic mass is 9.84. The lowest BCUT2D eigenvalue weighted by Crippen LogP contribution is -2.59. The van der Waals surface area contributed by atoms with Crippen LogP contribution in [0.25, 0.3) is 0 Å². The fourth-order valence-electron chi connectivity index (χ4n) is 4.74. The molecule has 6 unspecified atom stereocenters. The van der Waals surface area contributed by atoms with Crippen LogP contribution in [-0.4, -0.2) is 76.1 Å². The van der Waals surface area contributed by atoms with Crippen LogP contribution in [0.2, 0.25) is 0 Å². The van der Waals surface area contributed by atoms with Crippen LogP contribution < -0.4 is 16.4 Å². The van der Waals surface area contributed by atoms with E-state index in [1.165, 1.54) is 4.90 Å². The summed E-state index contributed by atoms with van der Waals surface area (Å²) in [6.45, 7) is 1.97. The number of ether oxygens (including phenoxy) is 1. The van der Waals surface area contributed by atoms with E-state index in [9.17, 15) is 24.6 Å². The molecule has 0 aromatic heterocycles. The topological polar surface area (TPSA) is 154 Å². The first-order valence-corrected chi connectivity index (χ1v) is 11.0. The van der Waals surface area contributed by atoms with Gasteiger partial charge < -0.3 is 30.9 Å². The molecule has 3 fully saturated rings. The Morgan fingerprint density at radius 1 is 1.10 bits per heavy atom. The molecule has 0 spiro atoms. The third kappa shape index (κ3) is 5.29. The van der Waals surface area contributed by atoms with E-state index in [0.29, 0.717) is 19.4 Å². The van der Waals surface area contributed by atoms with Gasteiger partial charge in [-0.1, -0.05) is 19.3 Å². The van der Waals surface area contributed by atoms with E-state index >= 15 is 0 Å². The van der Waals surface area contributed by atoms with Gasteiger partial charge in [0.1, 0.15) is 12.1 Å². The van der Waals surface area contributed by atoms with Gasteiger partial charge in [0.05, 0.1) is 18.2 Å². The second-order valence-corrected chi connectivity index (χ2v) is 8.71. The van der Waals surface area contributed by atoms with E-state index in [1.54, 1.807) is 6.92 Å². The van der Waals surface area contributed by atoms with Crippen molar-refractivity contribution >= 4 is 17.8 Å². The summed E-state index contributed by atoms with van der Waals surface area (Å²) < 4.78 is 5.14. The van der Waals surface area contributed by atoms with Crippen molar-refractivity contribution in [2.45, 2.75) is 94.9 Å². The minimum Gasteiger partial charge on any atom is -0.388 e. The van der Waals surface area contributed by atoms with Crippen LogP contribution in [0.1, 0.15) is 58.3 Å². The number of nitrogens with two attached hydrogens (primary N) is 1. The smallest absolute Gasteiger partial charge is 0.324 e. The Balaban J connectivity index is 1.55. The largest absolute Gasteiger partial charge is 0.388 e. The highest BCUT2D eigenvalue weighted by atomic mass is 16.6. The summed E-state index contributed by atoms with van der Waals surface area (Å²) >= 11 is 0. The minimum atomic E-state index is -1.07. The first-order valence-electron chi connectivity index (χ1n) is 11.0. The number of aliphatic hydroxyl groups excluding tert-OH is 2. The van der Waals surface area contributed by atoms with Crippen LogP contribution in [0.3, 0.4) is 0 Å². The monoisotopic (exact) mass is 426 g/mol. The Labute approximate surface area is 176 Å². The molecule has 3 aliphatic rings. The summed E-state index contributed by atoms with van der Waals surface area (Å²) in [6, 6.07) is -2.77. The molecule has 30 heavy (non-hydrogen) atoms. The average Bonchev–Trinajstić information content (AvgIpc) is 3.22. The number of carbonyl (C=O) groups is 3. The van der Waals surface area contributed by atoms with E-state index in [0.717, 1.165) is 32.1 Å². The molecule has 2 aliphatic heterocycles. The van der Waals surface area contributed by atoms with Crippen LogP contribution in [0.4, 0.5) is 4.79 Å². The van der Waals surface area contributed by atoms with Crippen LogP contribution in [-0.2, 0) is 14.3 Å². The molecule has 10 nitrogen and oxygen atoms in total. The van der Waals surface area contributed by atoms with Gasteiger partial charge in [0, 0.05) is 13.0 Å². The normalized spacial score (nSPS) is 33.7. The number of amides is 4. The summed E-state index contributed by atoms with van der Waals surface area (Å²) in [7, 11) is 0. The highest BCUT2D eigenvalue weighted by Crippen LogP contribution is 2.26. The van der Waals surface area contributed by atoms with E-state index in [-0.39, 0.29) is 12.3 Å². The predicted octanol–water partition coefficient (Wildman–Crippen LogP) is -0.432. The molecular weight excluding hydrogens is 392 g/mol. The predicted molar refractivity (Wildman–Crippen MR) is 107 cm³/mol. The van der Waals surface area contributed by atoms with Crippen LogP contribution in [0, 0.1) is 5.92 Å². The van der Waals surface area contributed by atoms with Gasteiger partial charge in [0.15, 0.2) is 6.29 Å². The maximum atomic E-state index is 12.8. The molecule has 0 aromatic carbocycles. The number of carbonyl (C=O) groups excluding carboxylic acids is 3. The number of aliphatic hydroxyl groups is 2. The standard InChI is InChI=1S/C20H34N4O6/c1-11-17(26)13(10-15(25)30-11)22-18(27)14-8-5-9-24(14)20(29)23-19(28)16(21)12-6-3-2-4-7-12/h11-17,25-26H,2-10,21H2,1H3,(H,22,27)(H,23,28,29). The SMILES string of the molecule is CC1OC(O)CC(NC(=O)C2CCCN2C(=O)NC(=O)C(N)C2CCCCC2)C1O. The number of nitrogens with one attached hydrogen (secondary N) is 2. The second kappa shape index (κ2) is 10.0. The Hall–Kier alpha value is -1.75. The number of nitrogens with zero attached hydrogens (tertiary/aromatic N) is 1. The summed E-state index contributed by atoms with van der Waals surface area (Å²) in [5.41, 5.74) is 6.07. The molecule has 3 rings (SSSR count). The van der Waals surface area contributed by atoms with Crippen molar-refractivity contribution in [3.63, 3.8) is 0 Å². The number of likely N-dealkylation sites (tertiary alicyclic amines) is 1. The zero-order valence-electron chi connectivity index (χ0n) is 17.5. The van der Waals surface area contributed by atoms with Gasteiger partial charge in [0.25, 0.3) is 0 Å². The van der Waals surface area contributed by atoms with E-state index in [1.807, 2.05) is 0 Å². The highest BCUT2D eigenvalue weighted by molar-refractivity contribution is 5.99. The summed E-state index contributed by atoms with van der Waals surface area (Å²) in [5, 5.41) is 25.0. The zero-order valence-corrected chi connectivity index (χ0v) is 17.5. The lowest BCUT2D eigenvalue weighted by molar-refractivity contribution is -0.202. The molecule has 6 atom stereocenters. The van der Waals surface area contributed by atoms with Crippen LogP contribution >= 0.6 is 0 Å². The zero-order chi connectivity index (χ0) is 21.8. The quantitative estimate of drug-likeness (QED) is 0.408. The maximum Gasteiger partial charge on any atom is 0.324 e. The molecule has 170 valence electrons. The number of urea groups is 1. The molecule has 2 heterocycles. The molecule has 10 heteroatoms. The first-order chi connectivity index (χ1) is 14.3. The molecule has 2 saturated heterocycles. The average molecular weight is 427 g/mol. The summed E-state index contributed by atoms with van der Waals surface area (Å²) in [6.07, 6.45) is 3.48. The van der Waals surface area contributed by atoms with Gasteiger partial charge in [-0.3, -0.25) is 14.9 Å². The Morgan fingerprint density at radius 2 is 1.80 bits per heavy atom. The number of rotatable bonds is 4. The number of hydrogen-bond acceptors (Lipinski definition) is 7. The van der Waals surface area contributed by atoms with E-state index < -0.39 is 54.5 Å². The van der Waals surface area contributed by atoms with Gasteiger partial charge in [-0.15, -0.1) is 0 Å². The van der Waals surface area contributed by atoms with Crippen molar-refractivity contribution in [3.05, 3.63) is 0 Å². The fourth-order valence-corrected chi connectivity index (χ4v) is 4.74. The molecule has 0 radical (unpaired) electrons. The Morgan fingerprint density at radius 3 is 2.50 bits per heavy atom. The second-order valence-electron chi connectivity index (χ2n) is 8.71. The maximum absolute atomic E-state index is 12.8. The first kappa shape index (κ1) is 22.9. The van der Waals surface area contributed by atoms with Gasteiger partial charge in [-0.05, 0) is 38.5 Å². The van der Waals surface area contributed by atoms with E-state index in [4.69, 9.17) is 10.5 Å². The van der Waals surface area contributed by atoms with Crippen molar-refractivity contribution in [1.82, 2.24) is 15.5 Å². The van der Waals surface area contributed by atoms with Crippen molar-refractivity contribution in [2.24, 2.45) is 11.7 Å².